The minimum absolute atomic E-state index is 0.0994. The van der Waals surface area contributed by atoms with Crippen molar-refractivity contribution in [3.63, 3.8) is 0 Å². The van der Waals surface area contributed by atoms with Crippen LogP contribution in [0, 0.1) is 12.7 Å². The van der Waals surface area contributed by atoms with Gasteiger partial charge < -0.3 is 10.3 Å². The van der Waals surface area contributed by atoms with Crippen LogP contribution in [0.25, 0.3) is 10.9 Å². The number of H-pyrrole nitrogens is 2. The summed E-state index contributed by atoms with van der Waals surface area (Å²) >= 11 is 0. The van der Waals surface area contributed by atoms with E-state index in [-0.39, 0.29) is 5.56 Å². The number of amides is 1. The van der Waals surface area contributed by atoms with Crippen LogP contribution >= 0.6 is 0 Å². The number of hydrogen-bond donors (Lipinski definition) is 3. The fourth-order valence-electron chi connectivity index (χ4n) is 2.31. The van der Waals surface area contributed by atoms with Crippen molar-refractivity contribution in [3.8, 4) is 0 Å². The molecule has 0 spiro atoms. The third-order valence-electron chi connectivity index (χ3n) is 3.40. The van der Waals surface area contributed by atoms with Crippen LogP contribution in [0.1, 0.15) is 35.0 Å². The third-order valence-corrected chi connectivity index (χ3v) is 3.40. The van der Waals surface area contributed by atoms with Crippen molar-refractivity contribution in [1.29, 1.82) is 0 Å². The number of rotatable bonds is 3. The standard InChI is InChI=1S/C15H14FN5O2/c1-7(14-18-8(2)20-21-14)17-15(23)11-6-13(22)19-12-4-3-9(16)5-10(11)12/h3-7H,1-2H3,(H,17,23)(H,19,22)(H,18,20,21). The van der Waals surface area contributed by atoms with Crippen molar-refractivity contribution in [2.45, 2.75) is 19.9 Å². The molecule has 2 aromatic heterocycles. The molecular weight excluding hydrogens is 301 g/mol. The molecule has 0 aliphatic heterocycles. The summed E-state index contributed by atoms with van der Waals surface area (Å²) < 4.78 is 13.5. The van der Waals surface area contributed by atoms with E-state index in [2.05, 4.69) is 25.5 Å². The molecule has 2 heterocycles. The van der Waals surface area contributed by atoms with E-state index in [1.807, 2.05) is 0 Å². The van der Waals surface area contributed by atoms with Crippen LogP contribution in [0.5, 0.6) is 0 Å². The molecule has 1 amide bonds. The second kappa shape index (κ2) is 5.64. The van der Waals surface area contributed by atoms with Gasteiger partial charge in [-0.3, -0.25) is 14.7 Å². The zero-order chi connectivity index (χ0) is 16.6. The highest BCUT2D eigenvalue weighted by Gasteiger charge is 2.17. The van der Waals surface area contributed by atoms with E-state index in [1.54, 1.807) is 13.8 Å². The summed E-state index contributed by atoms with van der Waals surface area (Å²) in [6.45, 7) is 3.47. The van der Waals surface area contributed by atoms with Crippen molar-refractivity contribution in [2.75, 3.05) is 0 Å². The number of halogens is 1. The summed E-state index contributed by atoms with van der Waals surface area (Å²) in [6.07, 6.45) is 0. The maximum atomic E-state index is 13.5. The van der Waals surface area contributed by atoms with E-state index < -0.39 is 23.3 Å². The Morgan fingerprint density at radius 2 is 2.13 bits per heavy atom. The number of aryl methyl sites for hydroxylation is 1. The van der Waals surface area contributed by atoms with E-state index in [9.17, 15) is 14.0 Å². The average Bonchev–Trinajstić information content (AvgIpc) is 2.93. The first-order chi connectivity index (χ1) is 10.9. The molecule has 3 rings (SSSR count). The molecule has 0 bridgehead atoms. The summed E-state index contributed by atoms with van der Waals surface area (Å²) in [5.74, 6) is 0.0684. The molecule has 0 aliphatic rings. The molecule has 23 heavy (non-hydrogen) atoms. The van der Waals surface area contributed by atoms with Gasteiger partial charge in [-0.2, -0.15) is 5.10 Å². The smallest absolute Gasteiger partial charge is 0.252 e. The average molecular weight is 315 g/mol. The Kier molecular flexibility index (Phi) is 3.65. The van der Waals surface area contributed by atoms with E-state index in [0.717, 1.165) is 6.07 Å². The van der Waals surface area contributed by atoms with Crippen LogP contribution in [0.15, 0.2) is 29.1 Å². The number of nitrogens with zero attached hydrogens (tertiary/aromatic N) is 2. The Hall–Kier alpha value is -3.03. The van der Waals surface area contributed by atoms with Crippen LogP contribution in [-0.4, -0.2) is 26.1 Å². The largest absolute Gasteiger partial charge is 0.342 e. The van der Waals surface area contributed by atoms with Crippen molar-refractivity contribution in [2.24, 2.45) is 0 Å². The number of nitrogens with one attached hydrogen (secondary N) is 3. The Bertz CT molecular complexity index is 946. The number of aromatic nitrogens is 4. The zero-order valence-corrected chi connectivity index (χ0v) is 12.5. The van der Waals surface area contributed by atoms with Gasteiger partial charge in [-0.25, -0.2) is 9.37 Å². The van der Waals surface area contributed by atoms with Gasteiger partial charge in [-0.05, 0) is 32.0 Å². The molecule has 1 unspecified atom stereocenters. The molecule has 1 aromatic carbocycles. The van der Waals surface area contributed by atoms with Crippen molar-refractivity contribution < 1.29 is 9.18 Å². The highest BCUT2D eigenvalue weighted by Crippen LogP contribution is 2.17. The molecule has 118 valence electrons. The second-order valence-electron chi connectivity index (χ2n) is 5.21. The van der Waals surface area contributed by atoms with Crippen molar-refractivity contribution in [3.05, 3.63) is 57.6 Å². The first-order valence-electron chi connectivity index (χ1n) is 6.96. The number of aromatic amines is 2. The SMILES string of the molecule is Cc1nc(C(C)NC(=O)c2cc(=O)[nH]c3ccc(F)cc23)n[nH]1. The van der Waals surface area contributed by atoms with Gasteiger partial charge in [-0.15, -0.1) is 0 Å². The van der Waals surface area contributed by atoms with Crippen molar-refractivity contribution >= 4 is 16.8 Å². The fraction of sp³-hybridized carbons (Fsp3) is 0.200. The predicted octanol–water partition coefficient (Wildman–Crippen LogP) is 1.58. The molecule has 0 radical (unpaired) electrons. The van der Waals surface area contributed by atoms with E-state index >= 15 is 0 Å². The predicted molar refractivity (Wildman–Crippen MR) is 81.5 cm³/mol. The molecule has 0 saturated carbocycles. The summed E-state index contributed by atoms with van der Waals surface area (Å²) in [5.41, 5.74) is 0.0587. The van der Waals surface area contributed by atoms with Crippen LogP contribution in [0.3, 0.4) is 0 Å². The van der Waals surface area contributed by atoms with E-state index in [4.69, 9.17) is 0 Å². The van der Waals surface area contributed by atoms with Crippen LogP contribution < -0.4 is 10.9 Å². The number of carbonyl (C=O) groups excluding carboxylic acids is 1. The molecule has 1 atom stereocenters. The van der Waals surface area contributed by atoms with Gasteiger partial charge in [0.05, 0.1) is 11.6 Å². The number of benzene rings is 1. The van der Waals surface area contributed by atoms with Crippen LogP contribution in [-0.2, 0) is 0 Å². The van der Waals surface area contributed by atoms with Gasteiger partial charge in [0, 0.05) is 17.0 Å². The highest BCUT2D eigenvalue weighted by atomic mass is 19.1. The Balaban J connectivity index is 1.97. The molecule has 0 fully saturated rings. The first-order valence-corrected chi connectivity index (χ1v) is 6.96. The number of pyridine rings is 1. The van der Waals surface area contributed by atoms with Gasteiger partial charge in [0.25, 0.3) is 5.91 Å². The zero-order valence-electron chi connectivity index (χ0n) is 12.5. The number of hydrogen-bond acceptors (Lipinski definition) is 4. The van der Waals surface area contributed by atoms with Gasteiger partial charge in [-0.1, -0.05) is 0 Å². The third kappa shape index (κ3) is 2.96. The molecule has 0 saturated heterocycles. The molecular formula is C15H14FN5O2. The minimum Gasteiger partial charge on any atom is -0.342 e. The normalized spacial score (nSPS) is 12.3. The molecule has 0 aliphatic carbocycles. The van der Waals surface area contributed by atoms with E-state index in [0.29, 0.717) is 22.6 Å². The summed E-state index contributed by atoms with van der Waals surface area (Å²) in [7, 11) is 0. The lowest BCUT2D eigenvalue weighted by Gasteiger charge is -2.12. The van der Waals surface area contributed by atoms with E-state index in [1.165, 1.54) is 18.2 Å². The van der Waals surface area contributed by atoms with Crippen LogP contribution in [0.2, 0.25) is 0 Å². The molecule has 3 aromatic rings. The minimum atomic E-state index is -0.498. The lowest BCUT2D eigenvalue weighted by Crippen LogP contribution is -2.28. The topological polar surface area (TPSA) is 104 Å². The Morgan fingerprint density at radius 3 is 2.83 bits per heavy atom. The molecule has 8 heteroatoms. The van der Waals surface area contributed by atoms with Gasteiger partial charge >= 0.3 is 0 Å². The maximum Gasteiger partial charge on any atom is 0.252 e. The molecule has 3 N–H and O–H groups in total. The lowest BCUT2D eigenvalue weighted by molar-refractivity contribution is 0.0940. The summed E-state index contributed by atoms with van der Waals surface area (Å²) in [6, 6.07) is 4.54. The first kappa shape index (κ1) is 14.9. The maximum absolute atomic E-state index is 13.5. The lowest BCUT2D eigenvalue weighted by atomic mass is 10.1. The Morgan fingerprint density at radius 1 is 1.35 bits per heavy atom. The van der Waals surface area contributed by atoms with Gasteiger partial charge in [0.1, 0.15) is 11.6 Å². The van der Waals surface area contributed by atoms with Crippen molar-refractivity contribution in [1.82, 2.24) is 25.5 Å². The second-order valence-corrected chi connectivity index (χ2v) is 5.21. The van der Waals surface area contributed by atoms with Gasteiger partial charge in [0.2, 0.25) is 5.56 Å². The number of fused-ring (bicyclic) bond motifs is 1. The Labute approximate surface area is 130 Å². The summed E-state index contributed by atoms with van der Waals surface area (Å²) in [5, 5.41) is 9.71. The summed E-state index contributed by atoms with van der Waals surface area (Å²) in [4.78, 5) is 30.9. The molecule has 7 nitrogen and oxygen atoms in total. The quantitative estimate of drug-likeness (QED) is 0.682. The van der Waals surface area contributed by atoms with Gasteiger partial charge in [0.15, 0.2) is 5.82 Å². The highest BCUT2D eigenvalue weighted by molar-refractivity contribution is 6.06. The monoisotopic (exact) mass is 315 g/mol. The fourth-order valence-corrected chi connectivity index (χ4v) is 2.31. The van der Waals surface area contributed by atoms with Crippen LogP contribution in [0.4, 0.5) is 4.39 Å². The number of carbonyl (C=O) groups is 1.